The molecule has 0 N–H and O–H groups in total. The molecule has 1 aromatic heterocycles. The zero-order valence-electron chi connectivity index (χ0n) is 11.0. The van der Waals surface area contributed by atoms with Crippen LogP contribution in [0.3, 0.4) is 0 Å². The molecule has 1 aliphatic heterocycles. The van der Waals surface area contributed by atoms with Crippen molar-refractivity contribution in [3.8, 4) is 5.19 Å². The lowest BCUT2D eigenvalue weighted by molar-refractivity contribution is 0.0762. The van der Waals surface area contributed by atoms with Crippen molar-refractivity contribution in [1.82, 2.24) is 9.88 Å². The first-order valence-electron chi connectivity index (χ1n) is 6.44. The summed E-state index contributed by atoms with van der Waals surface area (Å²) in [5.41, 5.74) is -0.507. The minimum absolute atomic E-state index is 0.199. The molecular weight excluding hydrogens is 298 g/mol. The highest BCUT2D eigenvalue weighted by atomic mass is 32.1. The summed E-state index contributed by atoms with van der Waals surface area (Å²) in [6.07, 6.45) is 2.04. The van der Waals surface area contributed by atoms with Crippen LogP contribution in [-0.2, 0) is 0 Å². The third kappa shape index (κ3) is 2.87. The first-order valence-corrected chi connectivity index (χ1v) is 7.32. The van der Waals surface area contributed by atoms with Crippen LogP contribution >= 0.6 is 11.3 Å². The molecule has 1 aliphatic rings. The van der Waals surface area contributed by atoms with Gasteiger partial charge in [-0.05, 0) is 12.1 Å². The summed E-state index contributed by atoms with van der Waals surface area (Å²) in [4.78, 5) is 17.6. The molecule has 1 aromatic carbocycles. The predicted octanol–water partition coefficient (Wildman–Crippen LogP) is 2.71. The number of carbonyl (C=O) groups is 1. The van der Waals surface area contributed by atoms with Gasteiger partial charge in [0.05, 0.1) is 6.54 Å². The summed E-state index contributed by atoms with van der Waals surface area (Å²) < 4.78 is 32.9. The highest BCUT2D eigenvalue weighted by Gasteiger charge is 2.31. The van der Waals surface area contributed by atoms with Gasteiger partial charge in [-0.2, -0.15) is 0 Å². The molecule has 0 saturated carbocycles. The van der Waals surface area contributed by atoms with E-state index in [-0.39, 0.29) is 6.10 Å². The van der Waals surface area contributed by atoms with Crippen LogP contribution in [0.25, 0.3) is 0 Å². The van der Waals surface area contributed by atoms with Gasteiger partial charge < -0.3 is 9.64 Å². The molecule has 1 fully saturated rings. The average Bonchev–Trinajstić information content (AvgIpc) is 3.10. The van der Waals surface area contributed by atoms with E-state index in [1.54, 1.807) is 11.6 Å². The van der Waals surface area contributed by atoms with Gasteiger partial charge in [-0.25, -0.2) is 13.8 Å². The molecule has 7 heteroatoms. The lowest BCUT2D eigenvalue weighted by atomic mass is 10.1. The van der Waals surface area contributed by atoms with Gasteiger partial charge in [-0.15, -0.1) is 0 Å². The fourth-order valence-corrected chi connectivity index (χ4v) is 2.83. The van der Waals surface area contributed by atoms with E-state index in [1.165, 1.54) is 22.3 Å². The number of nitrogens with zero attached hydrogens (tertiary/aromatic N) is 2. The van der Waals surface area contributed by atoms with Gasteiger partial charge in [0.2, 0.25) is 0 Å². The van der Waals surface area contributed by atoms with Gasteiger partial charge in [0.1, 0.15) is 23.3 Å². The van der Waals surface area contributed by atoms with Gasteiger partial charge in [-0.1, -0.05) is 17.4 Å². The van der Waals surface area contributed by atoms with E-state index in [2.05, 4.69) is 4.98 Å². The van der Waals surface area contributed by atoms with Gasteiger partial charge in [0, 0.05) is 24.5 Å². The fraction of sp³-hybridized carbons (Fsp3) is 0.286. The minimum atomic E-state index is -0.843. The molecule has 0 spiro atoms. The highest BCUT2D eigenvalue weighted by Crippen LogP contribution is 2.23. The summed E-state index contributed by atoms with van der Waals surface area (Å²) in [6.45, 7) is 0.703. The van der Waals surface area contributed by atoms with Crippen molar-refractivity contribution < 1.29 is 18.3 Å². The Morgan fingerprint density at radius 3 is 2.81 bits per heavy atom. The molecule has 0 aliphatic carbocycles. The maximum atomic E-state index is 13.6. The number of carbonyl (C=O) groups excluding carboxylic acids is 1. The van der Waals surface area contributed by atoms with Crippen LogP contribution in [0.2, 0.25) is 0 Å². The number of hydrogen-bond donors (Lipinski definition) is 0. The highest BCUT2D eigenvalue weighted by molar-refractivity contribution is 7.11. The Balaban J connectivity index is 1.70. The quantitative estimate of drug-likeness (QED) is 0.875. The maximum absolute atomic E-state index is 13.6. The number of amides is 1. The Bertz CT molecular complexity index is 628. The summed E-state index contributed by atoms with van der Waals surface area (Å²) in [5.74, 6) is -2.33. The molecule has 1 unspecified atom stereocenters. The fourth-order valence-electron chi connectivity index (χ4n) is 2.28. The summed E-state index contributed by atoms with van der Waals surface area (Å²) in [7, 11) is 0. The van der Waals surface area contributed by atoms with Crippen molar-refractivity contribution in [3.05, 3.63) is 47.0 Å². The van der Waals surface area contributed by atoms with Crippen molar-refractivity contribution in [1.29, 1.82) is 0 Å². The Kier molecular flexibility index (Phi) is 3.83. The second-order valence-electron chi connectivity index (χ2n) is 4.67. The number of hydrogen-bond acceptors (Lipinski definition) is 4. The van der Waals surface area contributed by atoms with Crippen LogP contribution < -0.4 is 4.74 Å². The molecule has 21 heavy (non-hydrogen) atoms. The van der Waals surface area contributed by atoms with Crippen molar-refractivity contribution in [2.45, 2.75) is 12.5 Å². The SMILES string of the molecule is O=C(c1c(F)cccc1F)N1CCC(Oc2nccs2)C1. The van der Waals surface area contributed by atoms with Gasteiger partial charge in [0.15, 0.2) is 0 Å². The number of ether oxygens (including phenoxy) is 1. The average molecular weight is 310 g/mol. The maximum Gasteiger partial charge on any atom is 0.273 e. The summed E-state index contributed by atoms with van der Waals surface area (Å²) in [5, 5.41) is 2.33. The topological polar surface area (TPSA) is 42.4 Å². The van der Waals surface area contributed by atoms with Crippen LogP contribution in [0.4, 0.5) is 8.78 Å². The number of likely N-dealkylation sites (tertiary alicyclic amines) is 1. The lowest BCUT2D eigenvalue weighted by Gasteiger charge is -2.17. The van der Waals surface area contributed by atoms with Crippen molar-refractivity contribution in [2.24, 2.45) is 0 Å². The second kappa shape index (κ2) is 5.77. The van der Waals surface area contributed by atoms with E-state index < -0.39 is 23.1 Å². The van der Waals surface area contributed by atoms with Gasteiger partial charge >= 0.3 is 0 Å². The Morgan fingerprint density at radius 1 is 1.38 bits per heavy atom. The molecule has 0 radical (unpaired) electrons. The van der Waals surface area contributed by atoms with Crippen LogP contribution in [0, 0.1) is 11.6 Å². The summed E-state index contributed by atoms with van der Waals surface area (Å²) in [6, 6.07) is 3.39. The molecule has 0 bridgehead atoms. The predicted molar refractivity (Wildman–Crippen MR) is 73.4 cm³/mol. The van der Waals surface area contributed by atoms with Gasteiger partial charge in [-0.3, -0.25) is 4.79 Å². The largest absolute Gasteiger partial charge is 0.465 e. The standard InChI is InChI=1S/C14H12F2N2O2S/c15-10-2-1-3-11(16)12(10)13(19)18-6-4-9(8-18)20-14-17-5-7-21-14/h1-3,5,7,9H,4,6,8H2. The molecule has 4 nitrogen and oxygen atoms in total. The normalized spacial score (nSPS) is 18.0. The van der Waals surface area contributed by atoms with Crippen LogP contribution in [0.1, 0.15) is 16.8 Å². The molecule has 110 valence electrons. The number of halogens is 2. The van der Waals surface area contributed by atoms with E-state index >= 15 is 0 Å². The molecule has 1 amide bonds. The third-order valence-corrected chi connectivity index (χ3v) is 3.95. The number of benzene rings is 1. The van der Waals surface area contributed by atoms with E-state index in [1.807, 2.05) is 0 Å². The minimum Gasteiger partial charge on any atom is -0.465 e. The molecule has 2 aromatic rings. The van der Waals surface area contributed by atoms with E-state index in [4.69, 9.17) is 4.74 Å². The van der Waals surface area contributed by atoms with Crippen LogP contribution in [0.5, 0.6) is 5.19 Å². The monoisotopic (exact) mass is 310 g/mol. The van der Waals surface area contributed by atoms with Crippen LogP contribution in [-0.4, -0.2) is 35.0 Å². The second-order valence-corrected chi connectivity index (χ2v) is 5.53. The molecule has 1 atom stereocenters. The smallest absolute Gasteiger partial charge is 0.273 e. The zero-order chi connectivity index (χ0) is 14.8. The zero-order valence-corrected chi connectivity index (χ0v) is 11.8. The lowest BCUT2D eigenvalue weighted by Crippen LogP contribution is -2.32. The number of thiazole rings is 1. The van der Waals surface area contributed by atoms with E-state index in [0.717, 1.165) is 12.1 Å². The molecule has 2 heterocycles. The molecule has 3 rings (SSSR count). The third-order valence-electron chi connectivity index (χ3n) is 3.29. The number of aromatic nitrogens is 1. The summed E-state index contributed by atoms with van der Waals surface area (Å²) >= 11 is 1.36. The number of rotatable bonds is 3. The van der Waals surface area contributed by atoms with Crippen molar-refractivity contribution in [2.75, 3.05) is 13.1 Å². The molecular formula is C14H12F2N2O2S. The first kappa shape index (κ1) is 13.9. The first-order chi connectivity index (χ1) is 10.1. The molecule has 1 saturated heterocycles. The van der Waals surface area contributed by atoms with Gasteiger partial charge in [0.25, 0.3) is 11.1 Å². The van der Waals surface area contributed by atoms with Crippen molar-refractivity contribution >= 4 is 17.2 Å². The van der Waals surface area contributed by atoms with Crippen molar-refractivity contribution in [3.63, 3.8) is 0 Å². The van der Waals surface area contributed by atoms with Crippen LogP contribution in [0.15, 0.2) is 29.8 Å². The Morgan fingerprint density at radius 2 is 2.14 bits per heavy atom. The van der Waals surface area contributed by atoms with E-state index in [0.29, 0.717) is 24.7 Å². The van der Waals surface area contributed by atoms with E-state index in [9.17, 15) is 13.6 Å². The Labute approximate surface area is 124 Å². The Hall–Kier alpha value is -2.02.